The summed E-state index contributed by atoms with van der Waals surface area (Å²) in [5.41, 5.74) is 1.15. The van der Waals surface area contributed by atoms with Gasteiger partial charge in [0.2, 0.25) is 0 Å². The Hall–Kier alpha value is -0.280. The highest BCUT2D eigenvalue weighted by Gasteiger charge is 2.13. The molecule has 92 valence electrons. The van der Waals surface area contributed by atoms with Crippen molar-refractivity contribution in [3.05, 3.63) is 23.8 Å². The molecule has 0 aromatic heterocycles. The van der Waals surface area contributed by atoms with Crippen LogP contribution in [0.3, 0.4) is 0 Å². The number of carbonyl (C=O) groups is 1. The molecular weight excluding hydrogens is 291 g/mol. The Bertz CT molecular complexity index is 283. The van der Waals surface area contributed by atoms with E-state index in [-0.39, 0.29) is 10.8 Å². The molecule has 0 N–H and O–H groups in total. The molecule has 0 aliphatic heterocycles. The molecule has 0 aromatic carbocycles. The largest absolute Gasteiger partial charge is 0.462 e. The highest BCUT2D eigenvalue weighted by atomic mass is 79.9. The number of allylic oxidation sites excluding steroid dienone is 3. The highest BCUT2D eigenvalue weighted by Crippen LogP contribution is 2.19. The van der Waals surface area contributed by atoms with E-state index in [1.165, 1.54) is 6.92 Å². The van der Waals surface area contributed by atoms with Crippen LogP contribution in [0, 0.1) is 0 Å². The third kappa shape index (κ3) is 8.98. The summed E-state index contributed by atoms with van der Waals surface area (Å²) < 4.78 is 4.81. The average Bonchev–Trinajstić information content (AvgIpc) is 2.17. The normalized spacial score (nSPS) is 16.2. The second-order valence-electron chi connectivity index (χ2n) is 3.87. The van der Waals surface area contributed by atoms with Gasteiger partial charge in [0.1, 0.15) is 6.61 Å². The number of alkyl halides is 2. The van der Waals surface area contributed by atoms with Crippen LogP contribution in [0.5, 0.6) is 0 Å². The summed E-state index contributed by atoms with van der Waals surface area (Å²) in [6.45, 7) is 5.68. The third-order valence-electron chi connectivity index (χ3n) is 1.88. The Labute approximate surface area is 111 Å². The smallest absolute Gasteiger partial charge is 0.302 e. The molecule has 0 heterocycles. The highest BCUT2D eigenvalue weighted by molar-refractivity contribution is 9.09. The maximum Gasteiger partial charge on any atom is 0.302 e. The van der Waals surface area contributed by atoms with Gasteiger partial charge in [0, 0.05) is 12.3 Å². The van der Waals surface area contributed by atoms with Crippen LogP contribution in [-0.2, 0) is 9.53 Å². The first kappa shape index (κ1) is 15.7. The van der Waals surface area contributed by atoms with E-state index in [1.54, 1.807) is 0 Å². The van der Waals surface area contributed by atoms with Crippen molar-refractivity contribution in [3.63, 3.8) is 0 Å². The number of ether oxygens (including phenoxy) is 1. The van der Waals surface area contributed by atoms with Crippen molar-refractivity contribution >= 4 is 33.5 Å². The van der Waals surface area contributed by atoms with Crippen molar-refractivity contribution < 1.29 is 9.53 Å². The van der Waals surface area contributed by atoms with Crippen LogP contribution in [-0.4, -0.2) is 22.8 Å². The predicted octanol–water partition coefficient (Wildman–Crippen LogP) is 3.83. The monoisotopic (exact) mass is 308 g/mol. The molecule has 0 saturated heterocycles. The van der Waals surface area contributed by atoms with E-state index in [9.17, 15) is 4.79 Å². The van der Waals surface area contributed by atoms with Crippen LogP contribution in [0.15, 0.2) is 23.8 Å². The van der Waals surface area contributed by atoms with E-state index in [0.717, 1.165) is 12.0 Å². The van der Waals surface area contributed by atoms with Gasteiger partial charge in [-0.3, -0.25) is 4.79 Å². The lowest BCUT2D eigenvalue weighted by molar-refractivity contribution is -0.139. The lowest BCUT2D eigenvalue weighted by Gasteiger charge is -2.12. The molecule has 0 rings (SSSR count). The van der Waals surface area contributed by atoms with Crippen LogP contribution in [0.2, 0.25) is 0 Å². The topological polar surface area (TPSA) is 26.3 Å². The minimum absolute atomic E-state index is 0.257. The summed E-state index contributed by atoms with van der Waals surface area (Å²) in [5.74, 6) is -0.257. The van der Waals surface area contributed by atoms with Crippen molar-refractivity contribution in [1.82, 2.24) is 0 Å². The molecule has 0 amide bonds. The predicted molar refractivity (Wildman–Crippen MR) is 72.2 cm³/mol. The molecule has 0 fully saturated rings. The van der Waals surface area contributed by atoms with Gasteiger partial charge in [-0.25, -0.2) is 0 Å². The van der Waals surface area contributed by atoms with Gasteiger partial charge in [-0.15, -0.1) is 11.6 Å². The van der Waals surface area contributed by atoms with E-state index < -0.39 is 0 Å². The van der Waals surface area contributed by atoms with Gasteiger partial charge in [-0.05, 0) is 26.3 Å². The first-order chi connectivity index (χ1) is 7.37. The van der Waals surface area contributed by atoms with Crippen LogP contribution < -0.4 is 0 Å². The Kier molecular flexibility index (Phi) is 7.77. The van der Waals surface area contributed by atoms with Gasteiger partial charge >= 0.3 is 5.97 Å². The van der Waals surface area contributed by atoms with Crippen molar-refractivity contribution in [2.75, 3.05) is 11.9 Å². The molecule has 0 saturated carbocycles. The van der Waals surface area contributed by atoms with Crippen LogP contribution in [0.1, 0.15) is 27.2 Å². The lowest BCUT2D eigenvalue weighted by atomic mass is 10.1. The van der Waals surface area contributed by atoms with Gasteiger partial charge in [-0.1, -0.05) is 33.7 Å². The number of carbonyl (C=O) groups excluding carboxylic acids is 1. The molecule has 1 atom stereocenters. The van der Waals surface area contributed by atoms with Gasteiger partial charge in [-0.2, -0.15) is 0 Å². The zero-order valence-electron chi connectivity index (χ0n) is 9.93. The van der Waals surface area contributed by atoms with E-state index >= 15 is 0 Å². The summed E-state index contributed by atoms with van der Waals surface area (Å²) in [6.07, 6.45) is 6.70. The van der Waals surface area contributed by atoms with Crippen molar-refractivity contribution in [2.24, 2.45) is 0 Å². The SMILES string of the molecule is CC(=O)OC/C=C(/C)C/C=C/C(C)(Cl)CBr. The molecule has 4 heteroatoms. The Morgan fingerprint density at radius 1 is 1.50 bits per heavy atom. The van der Waals surface area contributed by atoms with Gasteiger partial charge in [0.05, 0.1) is 4.87 Å². The van der Waals surface area contributed by atoms with E-state index in [1.807, 2.05) is 32.1 Å². The minimum atomic E-state index is -0.337. The van der Waals surface area contributed by atoms with E-state index in [2.05, 4.69) is 15.9 Å². The number of esters is 1. The summed E-state index contributed by atoms with van der Waals surface area (Å²) >= 11 is 9.47. The summed E-state index contributed by atoms with van der Waals surface area (Å²) in [7, 11) is 0. The van der Waals surface area contributed by atoms with Crippen LogP contribution in [0.25, 0.3) is 0 Å². The van der Waals surface area contributed by atoms with E-state index in [0.29, 0.717) is 11.9 Å². The fourth-order valence-corrected chi connectivity index (χ4v) is 1.20. The summed E-state index contributed by atoms with van der Waals surface area (Å²) in [4.78, 5) is 10.2. The lowest BCUT2D eigenvalue weighted by Crippen LogP contribution is -2.13. The fourth-order valence-electron chi connectivity index (χ4n) is 0.920. The second kappa shape index (κ2) is 7.91. The fraction of sp³-hybridized carbons (Fsp3) is 0.583. The minimum Gasteiger partial charge on any atom is -0.462 e. The Morgan fingerprint density at radius 2 is 2.12 bits per heavy atom. The molecule has 0 aromatic rings. The third-order valence-corrected chi connectivity index (χ3v) is 3.63. The molecule has 16 heavy (non-hydrogen) atoms. The van der Waals surface area contributed by atoms with Crippen molar-refractivity contribution in [1.29, 1.82) is 0 Å². The number of hydrogen-bond donors (Lipinski definition) is 0. The molecule has 0 aliphatic rings. The van der Waals surface area contributed by atoms with Crippen LogP contribution in [0.4, 0.5) is 0 Å². The zero-order valence-corrected chi connectivity index (χ0v) is 12.3. The Balaban J connectivity index is 3.97. The van der Waals surface area contributed by atoms with Crippen molar-refractivity contribution in [3.8, 4) is 0 Å². The summed E-state index contributed by atoms with van der Waals surface area (Å²) in [6, 6.07) is 0. The first-order valence-corrected chi connectivity index (χ1v) is 6.59. The summed E-state index contributed by atoms with van der Waals surface area (Å²) in [5, 5.41) is 0.717. The number of halogens is 2. The second-order valence-corrected chi connectivity index (χ2v) is 5.30. The molecule has 2 nitrogen and oxygen atoms in total. The number of hydrogen-bond acceptors (Lipinski definition) is 2. The molecule has 0 spiro atoms. The number of rotatable bonds is 6. The Morgan fingerprint density at radius 3 is 2.62 bits per heavy atom. The quantitative estimate of drug-likeness (QED) is 0.423. The maximum atomic E-state index is 10.5. The first-order valence-electron chi connectivity index (χ1n) is 5.09. The molecular formula is C12H18BrClO2. The molecule has 0 radical (unpaired) electrons. The maximum absolute atomic E-state index is 10.5. The van der Waals surface area contributed by atoms with Gasteiger partial charge < -0.3 is 4.74 Å². The van der Waals surface area contributed by atoms with Crippen LogP contribution >= 0.6 is 27.5 Å². The molecule has 0 aliphatic carbocycles. The van der Waals surface area contributed by atoms with E-state index in [4.69, 9.17) is 16.3 Å². The van der Waals surface area contributed by atoms with Gasteiger partial charge in [0.15, 0.2) is 0 Å². The van der Waals surface area contributed by atoms with Gasteiger partial charge in [0.25, 0.3) is 0 Å². The molecule has 0 bridgehead atoms. The standard InChI is InChI=1S/C12H18BrClO2/c1-10(6-8-16-11(2)15)5-4-7-12(3,14)9-13/h4,6-7H,5,8-9H2,1-3H3/b7-4+,10-6-. The van der Waals surface area contributed by atoms with Crippen molar-refractivity contribution in [2.45, 2.75) is 32.1 Å². The average molecular weight is 310 g/mol. The molecule has 1 unspecified atom stereocenters. The zero-order chi connectivity index (χ0) is 12.6.